The van der Waals surface area contributed by atoms with E-state index in [0.717, 1.165) is 32.9 Å². The van der Waals surface area contributed by atoms with Crippen LogP contribution in [0.5, 0.6) is 5.75 Å². The number of phenolic OH excluding ortho intramolecular Hbond substituents is 1. The van der Waals surface area contributed by atoms with Gasteiger partial charge in [-0.15, -0.1) is 0 Å². The van der Waals surface area contributed by atoms with E-state index in [0.29, 0.717) is 12.0 Å². The molecule has 5 rings (SSSR count). The number of nitrogens with two attached hydrogens (primary N) is 1. The molecule has 0 saturated heterocycles. The molecule has 3 aromatic carbocycles. The number of para-hydroxylation sites is 2. The number of carbonyl (C=O) groups is 4. The second-order valence-corrected chi connectivity index (χ2v) is 12.4. The number of benzene rings is 3. The molecule has 0 aliphatic rings. The third kappa shape index (κ3) is 8.46. The molecular weight excluding hydrogens is 624 g/mol. The van der Waals surface area contributed by atoms with E-state index in [1.54, 1.807) is 31.5 Å². The van der Waals surface area contributed by atoms with Gasteiger partial charge in [-0.25, -0.2) is 4.79 Å². The first-order valence-corrected chi connectivity index (χ1v) is 16.3. The van der Waals surface area contributed by atoms with E-state index >= 15 is 0 Å². The van der Waals surface area contributed by atoms with Crippen LogP contribution < -0.4 is 21.7 Å². The average Bonchev–Trinajstić information content (AvgIpc) is 3.70. The summed E-state index contributed by atoms with van der Waals surface area (Å²) < 4.78 is 0. The number of H-pyrrole nitrogens is 2. The van der Waals surface area contributed by atoms with Crippen LogP contribution in [0.25, 0.3) is 21.8 Å². The van der Waals surface area contributed by atoms with Gasteiger partial charge >= 0.3 is 5.97 Å². The van der Waals surface area contributed by atoms with Gasteiger partial charge in [-0.2, -0.15) is 0 Å². The van der Waals surface area contributed by atoms with Crippen molar-refractivity contribution in [1.29, 1.82) is 0 Å². The Hall–Kier alpha value is -5.62. The van der Waals surface area contributed by atoms with Gasteiger partial charge in [0.1, 0.15) is 23.9 Å². The number of rotatable bonds is 15. The van der Waals surface area contributed by atoms with Crippen LogP contribution in [0.1, 0.15) is 37.0 Å². The van der Waals surface area contributed by atoms with Crippen molar-refractivity contribution in [2.75, 3.05) is 0 Å². The van der Waals surface area contributed by atoms with Crippen molar-refractivity contribution in [3.8, 4) is 5.75 Å². The van der Waals surface area contributed by atoms with Gasteiger partial charge in [-0.3, -0.25) is 14.4 Å². The number of carboxylic acid groups (broad SMARTS) is 1. The summed E-state index contributed by atoms with van der Waals surface area (Å²) in [5, 5.41) is 29.8. The molecule has 5 atom stereocenters. The maximum atomic E-state index is 13.9. The Bertz CT molecular complexity index is 1930. The predicted molar refractivity (Wildman–Crippen MR) is 187 cm³/mol. The molecule has 2 aromatic heterocycles. The molecule has 0 fully saturated rings. The van der Waals surface area contributed by atoms with Crippen LogP contribution in [0.2, 0.25) is 0 Å². The number of aromatic amines is 2. The zero-order chi connectivity index (χ0) is 35.1. The van der Waals surface area contributed by atoms with Gasteiger partial charge in [-0.1, -0.05) is 68.8 Å². The van der Waals surface area contributed by atoms with E-state index in [-0.39, 0.29) is 30.9 Å². The summed E-state index contributed by atoms with van der Waals surface area (Å²) in [7, 11) is 0. The van der Waals surface area contributed by atoms with Gasteiger partial charge in [-0.05, 0) is 53.3 Å². The van der Waals surface area contributed by atoms with Crippen LogP contribution >= 0.6 is 0 Å². The first-order valence-electron chi connectivity index (χ1n) is 16.3. The summed E-state index contributed by atoms with van der Waals surface area (Å²) in [4.78, 5) is 59.6. The molecule has 49 heavy (non-hydrogen) atoms. The van der Waals surface area contributed by atoms with Gasteiger partial charge < -0.3 is 41.9 Å². The minimum absolute atomic E-state index is 0.0279. The molecule has 5 aromatic rings. The topological polar surface area (TPSA) is 202 Å². The number of aliphatic carboxylic acids is 1. The molecular formula is C37H42N6O6. The van der Waals surface area contributed by atoms with E-state index in [9.17, 15) is 29.4 Å². The lowest BCUT2D eigenvalue weighted by atomic mass is 9.96. The minimum Gasteiger partial charge on any atom is -0.508 e. The van der Waals surface area contributed by atoms with Gasteiger partial charge in [0.15, 0.2) is 0 Å². The van der Waals surface area contributed by atoms with Crippen molar-refractivity contribution >= 4 is 45.5 Å². The summed E-state index contributed by atoms with van der Waals surface area (Å²) in [5.41, 5.74) is 10.3. The lowest BCUT2D eigenvalue weighted by molar-refractivity contribution is -0.142. The fourth-order valence-corrected chi connectivity index (χ4v) is 5.92. The number of carbonyl (C=O) groups excluding carboxylic acids is 3. The summed E-state index contributed by atoms with van der Waals surface area (Å²) in [5.74, 6) is -3.39. The molecule has 0 aliphatic carbocycles. The van der Waals surface area contributed by atoms with Crippen molar-refractivity contribution in [1.82, 2.24) is 25.9 Å². The number of amides is 3. The number of phenols is 1. The zero-order valence-corrected chi connectivity index (χ0v) is 27.4. The second kappa shape index (κ2) is 15.5. The smallest absolute Gasteiger partial charge is 0.326 e. The van der Waals surface area contributed by atoms with Crippen molar-refractivity contribution in [3.63, 3.8) is 0 Å². The van der Waals surface area contributed by atoms with E-state index in [4.69, 9.17) is 5.73 Å². The zero-order valence-electron chi connectivity index (χ0n) is 27.4. The Balaban J connectivity index is 1.32. The maximum absolute atomic E-state index is 13.9. The highest BCUT2D eigenvalue weighted by Gasteiger charge is 2.33. The fraction of sp³-hybridized carbons (Fsp3) is 0.297. The summed E-state index contributed by atoms with van der Waals surface area (Å²) in [6, 6.07) is 16.9. The number of hydrogen-bond donors (Lipinski definition) is 8. The normalized spacial score (nSPS) is 14.4. The van der Waals surface area contributed by atoms with Crippen LogP contribution in [0, 0.1) is 5.92 Å². The van der Waals surface area contributed by atoms with E-state index in [2.05, 4.69) is 25.9 Å². The SMILES string of the molecule is CCC(C)C(NC(=O)C(Cc1ccc(O)cc1)NC(=O)C(N)Cc1c[nH]c2ccccc12)C(=O)NC(Cc1c[nH]c2ccccc12)C(=O)O. The van der Waals surface area contributed by atoms with Crippen LogP contribution in [-0.4, -0.2) is 68.0 Å². The first kappa shape index (κ1) is 34.7. The molecule has 12 heteroatoms. The van der Waals surface area contributed by atoms with Crippen LogP contribution in [0.15, 0.2) is 85.2 Å². The number of fused-ring (bicyclic) bond motifs is 2. The van der Waals surface area contributed by atoms with E-state index < -0.39 is 47.9 Å². The number of nitrogens with one attached hydrogen (secondary N) is 5. The third-order valence-corrected chi connectivity index (χ3v) is 8.97. The molecule has 256 valence electrons. The number of aromatic hydroxyl groups is 1. The monoisotopic (exact) mass is 666 g/mol. The van der Waals surface area contributed by atoms with Gasteiger partial charge in [0.25, 0.3) is 0 Å². The van der Waals surface area contributed by atoms with Crippen molar-refractivity contribution in [2.45, 2.75) is 63.7 Å². The molecule has 0 saturated carbocycles. The van der Waals surface area contributed by atoms with Crippen molar-refractivity contribution in [2.24, 2.45) is 11.7 Å². The molecule has 5 unspecified atom stereocenters. The molecule has 0 bridgehead atoms. The Morgan fingerprint density at radius 2 is 1.27 bits per heavy atom. The largest absolute Gasteiger partial charge is 0.508 e. The summed E-state index contributed by atoms with van der Waals surface area (Å²) in [6.07, 6.45) is 4.32. The van der Waals surface area contributed by atoms with Gasteiger partial charge in [0.05, 0.1) is 6.04 Å². The third-order valence-electron chi connectivity index (χ3n) is 8.97. The quantitative estimate of drug-likeness (QED) is 0.0837. The molecule has 0 aliphatic heterocycles. The highest BCUT2D eigenvalue weighted by Crippen LogP contribution is 2.21. The van der Waals surface area contributed by atoms with Crippen LogP contribution in [0.4, 0.5) is 0 Å². The standard InChI is InChI=1S/C37H42N6O6/c1-3-21(2)33(36(47)42-32(37(48)49)18-24-20-40-30-11-7-5-9-27(24)30)43-35(46)31(16-22-12-14-25(44)15-13-22)41-34(45)28(38)17-23-19-39-29-10-6-4-8-26(23)29/h4-15,19-21,28,31-33,39-40,44H,3,16-18,38H2,1-2H3,(H,41,45)(H,42,47)(H,43,46)(H,48,49). The van der Waals surface area contributed by atoms with Crippen molar-refractivity contribution in [3.05, 3.63) is 102 Å². The van der Waals surface area contributed by atoms with Crippen LogP contribution in [0.3, 0.4) is 0 Å². The molecule has 9 N–H and O–H groups in total. The highest BCUT2D eigenvalue weighted by atomic mass is 16.4. The number of hydrogen-bond acceptors (Lipinski definition) is 6. The minimum atomic E-state index is -1.26. The Kier molecular flexibility index (Phi) is 11.0. The Morgan fingerprint density at radius 1 is 0.714 bits per heavy atom. The Morgan fingerprint density at radius 3 is 1.84 bits per heavy atom. The van der Waals surface area contributed by atoms with Gasteiger partial charge in [0.2, 0.25) is 17.7 Å². The lowest BCUT2D eigenvalue weighted by Crippen LogP contribution is -2.59. The molecule has 12 nitrogen and oxygen atoms in total. The van der Waals surface area contributed by atoms with Crippen LogP contribution in [-0.2, 0) is 38.4 Å². The Labute approximate surface area is 283 Å². The number of aromatic nitrogens is 2. The molecule has 0 spiro atoms. The molecule has 3 amide bonds. The molecule has 0 radical (unpaired) electrons. The maximum Gasteiger partial charge on any atom is 0.326 e. The number of carboxylic acids is 1. The van der Waals surface area contributed by atoms with Gasteiger partial charge in [0, 0.05) is 47.0 Å². The van der Waals surface area contributed by atoms with E-state index in [1.165, 1.54) is 12.1 Å². The van der Waals surface area contributed by atoms with Crippen molar-refractivity contribution < 1.29 is 29.4 Å². The lowest BCUT2D eigenvalue weighted by Gasteiger charge is -2.28. The average molecular weight is 667 g/mol. The fourth-order valence-electron chi connectivity index (χ4n) is 5.92. The second-order valence-electron chi connectivity index (χ2n) is 12.4. The first-order chi connectivity index (χ1) is 23.5. The van der Waals surface area contributed by atoms with E-state index in [1.807, 2.05) is 55.5 Å². The molecule has 2 heterocycles. The predicted octanol–water partition coefficient (Wildman–Crippen LogP) is 3.30. The highest BCUT2D eigenvalue weighted by molar-refractivity contribution is 5.95. The summed E-state index contributed by atoms with van der Waals surface area (Å²) >= 11 is 0. The summed E-state index contributed by atoms with van der Waals surface area (Å²) in [6.45, 7) is 3.64.